The van der Waals surface area contributed by atoms with Crippen LogP contribution in [0.2, 0.25) is 0 Å². The van der Waals surface area contributed by atoms with Gasteiger partial charge >= 0.3 is 0 Å². The van der Waals surface area contributed by atoms with Crippen LogP contribution in [-0.2, 0) is 10.8 Å². The summed E-state index contributed by atoms with van der Waals surface area (Å²) in [4.78, 5) is 0. The Bertz CT molecular complexity index is 330. The Morgan fingerprint density at radius 2 is 1.58 bits per heavy atom. The molecule has 4 saturated carbocycles. The van der Waals surface area contributed by atoms with Gasteiger partial charge in [-0.15, -0.1) is 0 Å². The summed E-state index contributed by atoms with van der Waals surface area (Å²) in [5.74, 6) is 3.80. The van der Waals surface area contributed by atoms with Crippen LogP contribution in [0, 0.1) is 23.2 Å². The topological polar surface area (TPSA) is 29.1 Å². The Morgan fingerprint density at radius 3 is 1.95 bits per heavy atom. The summed E-state index contributed by atoms with van der Waals surface area (Å²) in [6.07, 6.45) is 8.67. The largest absolute Gasteiger partial charge is 0.316 e. The van der Waals surface area contributed by atoms with E-state index in [-0.39, 0.29) is 0 Å². The van der Waals surface area contributed by atoms with Crippen molar-refractivity contribution in [3.63, 3.8) is 0 Å². The lowest BCUT2D eigenvalue weighted by molar-refractivity contribution is -0.0683. The molecule has 0 aromatic carbocycles. The van der Waals surface area contributed by atoms with E-state index >= 15 is 0 Å². The number of hydrogen-bond donors (Lipinski definition) is 1. The lowest BCUT2D eigenvalue weighted by atomic mass is 9.48. The van der Waals surface area contributed by atoms with Crippen LogP contribution in [0.25, 0.3) is 0 Å². The number of rotatable bonds is 5. The molecule has 19 heavy (non-hydrogen) atoms. The third kappa shape index (κ3) is 2.53. The van der Waals surface area contributed by atoms with Gasteiger partial charge in [0.15, 0.2) is 0 Å². The highest BCUT2D eigenvalue weighted by Gasteiger charge is 2.54. The van der Waals surface area contributed by atoms with Crippen LogP contribution in [0.4, 0.5) is 0 Å². The molecule has 3 heteroatoms. The van der Waals surface area contributed by atoms with Crippen molar-refractivity contribution in [2.75, 3.05) is 12.8 Å². The molecule has 110 valence electrons. The first-order valence-corrected chi connectivity index (χ1v) is 9.45. The van der Waals surface area contributed by atoms with Crippen LogP contribution in [0.15, 0.2) is 0 Å². The van der Waals surface area contributed by atoms with Gasteiger partial charge in [0.25, 0.3) is 0 Å². The van der Waals surface area contributed by atoms with Crippen LogP contribution in [0.5, 0.6) is 0 Å². The zero-order valence-electron chi connectivity index (χ0n) is 12.7. The minimum atomic E-state index is -0.677. The molecule has 2 nitrogen and oxygen atoms in total. The molecule has 4 aliphatic carbocycles. The molecule has 2 unspecified atom stereocenters. The van der Waals surface area contributed by atoms with Crippen LogP contribution < -0.4 is 5.32 Å². The highest BCUT2D eigenvalue weighted by molar-refractivity contribution is 7.85. The normalized spacial score (nSPS) is 43.7. The van der Waals surface area contributed by atoms with Crippen molar-refractivity contribution in [1.82, 2.24) is 5.32 Å². The minimum Gasteiger partial charge on any atom is -0.316 e. The number of hydrogen-bond acceptors (Lipinski definition) is 2. The molecular formula is C16H29NOS. The van der Waals surface area contributed by atoms with E-state index in [0.29, 0.717) is 16.7 Å². The van der Waals surface area contributed by atoms with Crippen LogP contribution in [-0.4, -0.2) is 28.3 Å². The minimum absolute atomic E-state index is 0.296. The van der Waals surface area contributed by atoms with Gasteiger partial charge < -0.3 is 5.32 Å². The van der Waals surface area contributed by atoms with Gasteiger partial charge in [0.1, 0.15) is 0 Å². The quantitative estimate of drug-likeness (QED) is 0.840. The average Bonchev–Trinajstić information content (AvgIpc) is 2.33. The van der Waals surface area contributed by atoms with Gasteiger partial charge in [-0.25, -0.2) is 0 Å². The van der Waals surface area contributed by atoms with E-state index in [2.05, 4.69) is 26.2 Å². The Balaban J connectivity index is 1.77. The van der Waals surface area contributed by atoms with E-state index in [0.717, 1.165) is 23.5 Å². The maximum absolute atomic E-state index is 12.3. The van der Waals surface area contributed by atoms with Gasteiger partial charge in [-0.2, -0.15) is 0 Å². The molecule has 1 N–H and O–H groups in total. The highest BCUT2D eigenvalue weighted by Crippen LogP contribution is 2.61. The van der Waals surface area contributed by atoms with E-state index < -0.39 is 10.8 Å². The van der Waals surface area contributed by atoms with Gasteiger partial charge in [0, 0.05) is 27.8 Å². The summed E-state index contributed by atoms with van der Waals surface area (Å²) in [5.41, 5.74) is 0.480. The predicted octanol–water partition coefficient (Wildman–Crippen LogP) is 2.95. The van der Waals surface area contributed by atoms with Crippen LogP contribution in [0.3, 0.4) is 0 Å². The summed E-state index contributed by atoms with van der Waals surface area (Å²) in [7, 11) is 1.41. The third-order valence-electron chi connectivity index (χ3n) is 6.03. The standard InChI is InChI=1S/C16H29NOS/c1-11(2)19(18)10-15(17-3)16-7-12-4-13(8-16)6-14(5-12)9-16/h11-15,17H,4-10H2,1-3H3. The SMILES string of the molecule is CNC(CS(=O)C(C)C)C12CC3CC(CC(C3)C1)C2. The fraction of sp³-hybridized carbons (Fsp3) is 1.00. The molecule has 0 aromatic rings. The van der Waals surface area contributed by atoms with Crippen molar-refractivity contribution < 1.29 is 4.21 Å². The number of nitrogens with one attached hydrogen (secondary N) is 1. The molecule has 4 fully saturated rings. The smallest absolute Gasteiger partial charge is 0.0396 e. The van der Waals surface area contributed by atoms with Crippen molar-refractivity contribution in [2.45, 2.75) is 63.7 Å². The Hall–Kier alpha value is 0.110. The first kappa shape index (κ1) is 14.1. The molecule has 0 radical (unpaired) electrons. The fourth-order valence-electron chi connectivity index (χ4n) is 5.53. The monoisotopic (exact) mass is 283 g/mol. The van der Waals surface area contributed by atoms with E-state index in [1.54, 1.807) is 0 Å². The molecule has 0 saturated heterocycles. The zero-order chi connectivity index (χ0) is 13.6. The summed E-state index contributed by atoms with van der Waals surface area (Å²) < 4.78 is 12.3. The lowest BCUT2D eigenvalue weighted by Crippen LogP contribution is -2.57. The zero-order valence-corrected chi connectivity index (χ0v) is 13.5. The Labute approximate surface area is 120 Å². The summed E-state index contributed by atoms with van der Waals surface area (Å²) >= 11 is 0. The molecule has 0 spiro atoms. The molecule has 0 aliphatic heterocycles. The van der Waals surface area contributed by atoms with Crippen LogP contribution in [0.1, 0.15) is 52.4 Å². The second kappa shape index (κ2) is 5.14. The van der Waals surface area contributed by atoms with E-state index in [1.807, 2.05) is 0 Å². The van der Waals surface area contributed by atoms with Crippen molar-refractivity contribution in [2.24, 2.45) is 23.2 Å². The lowest BCUT2D eigenvalue weighted by Gasteiger charge is -2.59. The van der Waals surface area contributed by atoms with Crippen molar-refractivity contribution in [3.05, 3.63) is 0 Å². The Kier molecular flexibility index (Phi) is 3.81. The molecule has 4 rings (SSSR count). The third-order valence-corrected chi connectivity index (χ3v) is 7.74. The molecule has 4 aliphatic rings. The Morgan fingerprint density at radius 1 is 1.11 bits per heavy atom. The second-order valence-corrected chi connectivity index (χ2v) is 9.75. The second-order valence-electron chi connectivity index (χ2n) is 7.72. The summed E-state index contributed by atoms with van der Waals surface area (Å²) in [5, 5.41) is 3.85. The van der Waals surface area contributed by atoms with Gasteiger partial charge in [0.05, 0.1) is 0 Å². The van der Waals surface area contributed by atoms with Crippen molar-refractivity contribution >= 4 is 10.8 Å². The van der Waals surface area contributed by atoms with Gasteiger partial charge in [-0.3, -0.25) is 4.21 Å². The summed E-state index contributed by atoms with van der Waals surface area (Å²) in [6.45, 7) is 4.17. The molecule has 2 atom stereocenters. The fourth-order valence-corrected chi connectivity index (χ4v) is 6.76. The van der Waals surface area contributed by atoms with Crippen molar-refractivity contribution in [3.8, 4) is 0 Å². The molecule has 0 heterocycles. The van der Waals surface area contributed by atoms with E-state index in [9.17, 15) is 4.21 Å². The first-order valence-electron chi connectivity index (χ1n) is 8.07. The summed E-state index contributed by atoms with van der Waals surface area (Å²) in [6, 6.07) is 0.476. The van der Waals surface area contributed by atoms with E-state index in [1.165, 1.54) is 38.5 Å². The molecule has 0 amide bonds. The predicted molar refractivity (Wildman–Crippen MR) is 81.6 cm³/mol. The average molecular weight is 283 g/mol. The van der Waals surface area contributed by atoms with Gasteiger partial charge in [-0.05, 0) is 68.7 Å². The van der Waals surface area contributed by atoms with Crippen molar-refractivity contribution in [1.29, 1.82) is 0 Å². The molecular weight excluding hydrogens is 254 g/mol. The van der Waals surface area contributed by atoms with Gasteiger partial charge in [0.2, 0.25) is 0 Å². The first-order chi connectivity index (χ1) is 9.02. The molecule has 4 bridgehead atoms. The van der Waals surface area contributed by atoms with Crippen LogP contribution >= 0.6 is 0 Å². The van der Waals surface area contributed by atoms with E-state index in [4.69, 9.17) is 0 Å². The maximum Gasteiger partial charge on any atom is 0.0396 e. The molecule has 0 aromatic heterocycles. The highest BCUT2D eigenvalue weighted by atomic mass is 32.2. The maximum atomic E-state index is 12.3. The van der Waals surface area contributed by atoms with Gasteiger partial charge in [-0.1, -0.05) is 13.8 Å².